The normalized spacial score (nSPS) is 21.8. The van der Waals surface area contributed by atoms with E-state index in [1.54, 1.807) is 55.4 Å². The quantitative estimate of drug-likeness (QED) is 0.141. The van der Waals surface area contributed by atoms with Crippen LogP contribution in [0.1, 0.15) is 101 Å². The first-order valence-electron chi connectivity index (χ1n) is 10.9. The van der Waals surface area contributed by atoms with Crippen molar-refractivity contribution in [2.75, 3.05) is 0 Å². The molecule has 0 aromatic heterocycles. The van der Waals surface area contributed by atoms with E-state index in [1.807, 2.05) is 0 Å². The van der Waals surface area contributed by atoms with Crippen LogP contribution in [0.25, 0.3) is 0 Å². The van der Waals surface area contributed by atoms with Crippen LogP contribution in [0.15, 0.2) is 0 Å². The molecule has 12 heteroatoms. The Kier molecular flexibility index (Phi) is 13.2. The fourth-order valence-electron chi connectivity index (χ4n) is 1.38. The molecule has 0 radical (unpaired) electrons. The zero-order valence-corrected chi connectivity index (χ0v) is 21.0. The maximum absolute atomic E-state index is 8.99. The van der Waals surface area contributed by atoms with Crippen LogP contribution in [0.2, 0.25) is 0 Å². The van der Waals surface area contributed by atoms with E-state index in [-0.39, 0.29) is 0 Å². The predicted molar refractivity (Wildman–Crippen MR) is 110 cm³/mol. The summed E-state index contributed by atoms with van der Waals surface area (Å²) < 4.78 is 0. The third-order valence-electron chi connectivity index (χ3n) is 5.17. The van der Waals surface area contributed by atoms with Crippen LogP contribution in [0, 0.1) is 0 Å². The molecule has 2 N–H and O–H groups in total. The van der Waals surface area contributed by atoms with Gasteiger partial charge in [-0.25, -0.2) is 20.3 Å². The molecular weight excluding hydrogens is 432 g/mol. The minimum atomic E-state index is -1.38. The molecule has 0 aliphatic rings. The van der Waals surface area contributed by atoms with Crippen molar-refractivity contribution >= 4 is 0 Å². The molecular formula is C20H42O12. The Labute approximate surface area is 190 Å². The number of hydrogen-bond acceptors (Lipinski definition) is 12. The molecule has 194 valence electrons. The second-order valence-corrected chi connectivity index (χ2v) is 8.29. The van der Waals surface area contributed by atoms with Crippen LogP contribution in [0.5, 0.6) is 0 Å². The van der Waals surface area contributed by atoms with Gasteiger partial charge in [-0.15, -0.1) is 0 Å². The topological polar surface area (TPSA) is 133 Å². The molecule has 0 saturated carbocycles. The van der Waals surface area contributed by atoms with Crippen molar-refractivity contribution in [1.29, 1.82) is 0 Å². The Morgan fingerprint density at radius 1 is 0.375 bits per heavy atom. The van der Waals surface area contributed by atoms with Gasteiger partial charge in [-0.3, -0.25) is 0 Å². The van der Waals surface area contributed by atoms with E-state index in [4.69, 9.17) is 49.6 Å². The van der Waals surface area contributed by atoms with Gasteiger partial charge in [0, 0.05) is 32.1 Å². The van der Waals surface area contributed by atoms with Gasteiger partial charge in [0.05, 0.1) is 0 Å². The molecule has 0 aromatic carbocycles. The molecule has 0 aliphatic heterocycles. The second kappa shape index (κ2) is 13.4. The average molecular weight is 475 g/mol. The third kappa shape index (κ3) is 10.2. The van der Waals surface area contributed by atoms with Gasteiger partial charge < -0.3 is 0 Å². The summed E-state index contributed by atoms with van der Waals surface area (Å²) in [6, 6.07) is 0. The summed E-state index contributed by atoms with van der Waals surface area (Å²) in [4.78, 5) is 51.5. The number of hydrogen-bond donors (Lipinski definition) is 2. The lowest BCUT2D eigenvalue weighted by molar-refractivity contribution is -0.627. The highest BCUT2D eigenvalue weighted by Crippen LogP contribution is 2.30. The van der Waals surface area contributed by atoms with Crippen LogP contribution >= 0.6 is 0 Å². The van der Waals surface area contributed by atoms with Crippen molar-refractivity contribution in [3.05, 3.63) is 0 Å². The summed E-state index contributed by atoms with van der Waals surface area (Å²) in [5, 5.41) is 18.0. The van der Waals surface area contributed by atoms with Crippen molar-refractivity contribution in [2.45, 2.75) is 130 Å². The Morgan fingerprint density at radius 2 is 0.531 bits per heavy atom. The number of rotatable bonds is 19. The lowest BCUT2D eigenvalue weighted by Crippen LogP contribution is -2.44. The zero-order chi connectivity index (χ0) is 25.1. The molecule has 0 rings (SSSR count). The lowest BCUT2D eigenvalue weighted by atomic mass is 10.2. The van der Waals surface area contributed by atoms with Gasteiger partial charge in [0.15, 0.2) is 0 Å². The molecule has 4 atom stereocenters. The van der Waals surface area contributed by atoms with E-state index in [1.165, 1.54) is 13.8 Å². The first kappa shape index (κ1) is 31.5. The van der Waals surface area contributed by atoms with Gasteiger partial charge in [0.1, 0.15) is 0 Å². The van der Waals surface area contributed by atoms with Gasteiger partial charge in [0.25, 0.3) is 0 Å². The second-order valence-electron chi connectivity index (χ2n) is 8.29. The van der Waals surface area contributed by atoms with Crippen LogP contribution in [0.3, 0.4) is 0 Å². The zero-order valence-electron chi connectivity index (χ0n) is 21.0. The summed E-state index contributed by atoms with van der Waals surface area (Å²) in [5.41, 5.74) is 0. The van der Waals surface area contributed by atoms with Gasteiger partial charge in [-0.1, -0.05) is 34.6 Å². The first-order valence-corrected chi connectivity index (χ1v) is 10.9. The van der Waals surface area contributed by atoms with Crippen LogP contribution in [-0.2, 0) is 48.9 Å². The van der Waals surface area contributed by atoms with Crippen molar-refractivity contribution < 1.29 is 59.4 Å². The molecule has 0 amide bonds. The fraction of sp³-hybridized carbons (Fsp3) is 1.00. The lowest BCUT2D eigenvalue weighted by Gasteiger charge is -2.36. The average Bonchev–Trinajstić information content (AvgIpc) is 2.83. The summed E-state index contributed by atoms with van der Waals surface area (Å²) in [6.45, 7) is 16.6. The van der Waals surface area contributed by atoms with E-state index in [0.29, 0.717) is 32.1 Å². The monoisotopic (exact) mass is 474 g/mol. The highest BCUT2D eigenvalue weighted by molar-refractivity contribution is 4.62. The van der Waals surface area contributed by atoms with Gasteiger partial charge in [-0.05, 0) is 34.6 Å². The highest BCUT2D eigenvalue weighted by atomic mass is 17.4. The maximum atomic E-state index is 8.99. The smallest absolute Gasteiger partial charge is 0.231 e. The molecule has 0 saturated heterocycles. The molecule has 32 heavy (non-hydrogen) atoms. The predicted octanol–water partition coefficient (Wildman–Crippen LogP) is 5.39. The summed E-state index contributed by atoms with van der Waals surface area (Å²) in [5.74, 6) is -6.84. The Balaban J connectivity index is 5.03. The third-order valence-corrected chi connectivity index (χ3v) is 5.17. The molecule has 0 fully saturated rings. The summed E-state index contributed by atoms with van der Waals surface area (Å²) in [7, 11) is 0. The van der Waals surface area contributed by atoms with Crippen molar-refractivity contribution in [2.24, 2.45) is 0 Å². The van der Waals surface area contributed by atoms with Crippen molar-refractivity contribution in [3.8, 4) is 0 Å². The Morgan fingerprint density at radius 3 is 0.656 bits per heavy atom. The van der Waals surface area contributed by atoms with Crippen molar-refractivity contribution in [1.82, 2.24) is 0 Å². The molecule has 12 nitrogen and oxygen atoms in total. The molecule has 0 spiro atoms. The van der Waals surface area contributed by atoms with Gasteiger partial charge in [0.2, 0.25) is 28.9 Å². The molecule has 0 aromatic rings. The van der Waals surface area contributed by atoms with Crippen LogP contribution < -0.4 is 0 Å². The van der Waals surface area contributed by atoms with Crippen LogP contribution in [-0.4, -0.2) is 39.5 Å². The molecule has 0 heterocycles. The Bertz CT molecular complexity index is 471. The summed E-state index contributed by atoms with van der Waals surface area (Å²) >= 11 is 0. The van der Waals surface area contributed by atoms with Crippen molar-refractivity contribution in [3.63, 3.8) is 0 Å². The first-order chi connectivity index (χ1) is 14.8. The van der Waals surface area contributed by atoms with E-state index in [2.05, 4.69) is 9.78 Å². The molecule has 0 aliphatic carbocycles. The molecule has 4 unspecified atom stereocenters. The van der Waals surface area contributed by atoms with E-state index < -0.39 is 28.9 Å². The van der Waals surface area contributed by atoms with Gasteiger partial charge in [-0.2, -0.15) is 39.1 Å². The maximum Gasteiger partial charge on any atom is 0.231 e. The highest BCUT2D eigenvalue weighted by Gasteiger charge is 2.40. The molecule has 0 bridgehead atoms. The SMILES string of the molecule is CCC(C)(OO)OOC(C)(CC)OOC(C)(CC)OOC(C)(CC)OOC(C)(CC)OO. The summed E-state index contributed by atoms with van der Waals surface area (Å²) in [6.07, 6.45) is 1.57. The fourth-order valence-corrected chi connectivity index (χ4v) is 1.38. The van der Waals surface area contributed by atoms with E-state index in [9.17, 15) is 0 Å². The van der Waals surface area contributed by atoms with Gasteiger partial charge >= 0.3 is 0 Å². The minimum Gasteiger partial charge on any atom is -0.249 e. The minimum absolute atomic E-state index is 0.309. The Hall–Kier alpha value is -0.480. The van der Waals surface area contributed by atoms with Crippen LogP contribution in [0.4, 0.5) is 0 Å². The van der Waals surface area contributed by atoms with E-state index in [0.717, 1.165) is 0 Å². The standard InChI is InChI=1S/C20H42O12/c1-11-16(6,23-21)25-27-18(8,13-3)29-31-20(10,15-5)32-30-19(9,14-4)28-26-17(7,12-2)24-22/h21-22H,11-15H2,1-10H3. The van der Waals surface area contributed by atoms with E-state index >= 15 is 0 Å². The largest absolute Gasteiger partial charge is 0.249 e.